The largest absolute Gasteiger partial charge is 0.347 e. The number of nitrogens with zero attached hydrogens (tertiary/aromatic N) is 2. The van der Waals surface area contributed by atoms with E-state index in [-0.39, 0.29) is 6.10 Å². The predicted molar refractivity (Wildman–Crippen MR) is 47.5 cm³/mol. The highest BCUT2D eigenvalue weighted by Gasteiger charge is 2.36. The summed E-state index contributed by atoms with van der Waals surface area (Å²) in [5.74, 6) is 0.659. The van der Waals surface area contributed by atoms with Gasteiger partial charge in [0, 0.05) is 6.42 Å². The fourth-order valence-corrected chi connectivity index (χ4v) is 1.35. The van der Waals surface area contributed by atoms with E-state index in [1.54, 1.807) is 0 Å². The number of ether oxygens (including phenoxy) is 2. The number of aromatic nitrogens is 2. The van der Waals surface area contributed by atoms with Gasteiger partial charge in [-0.3, -0.25) is 0 Å². The highest BCUT2D eigenvalue weighted by Crippen LogP contribution is 2.31. The van der Waals surface area contributed by atoms with Gasteiger partial charge < -0.3 is 14.0 Å². The summed E-state index contributed by atoms with van der Waals surface area (Å²) < 4.78 is 16.0. The minimum atomic E-state index is -0.550. The quantitative estimate of drug-likeness (QED) is 0.720. The van der Waals surface area contributed by atoms with E-state index in [1.807, 2.05) is 20.8 Å². The van der Waals surface area contributed by atoms with Gasteiger partial charge in [0.05, 0.1) is 6.61 Å². The third kappa shape index (κ3) is 1.78. The van der Waals surface area contributed by atoms with Crippen molar-refractivity contribution >= 4 is 0 Å². The van der Waals surface area contributed by atoms with Crippen LogP contribution in [0.1, 0.15) is 38.6 Å². The van der Waals surface area contributed by atoms with Crippen LogP contribution in [0.25, 0.3) is 0 Å². The van der Waals surface area contributed by atoms with Crippen LogP contribution in [0.5, 0.6) is 0 Å². The molecule has 1 saturated heterocycles. The molecule has 0 amide bonds. The van der Waals surface area contributed by atoms with E-state index in [1.165, 1.54) is 0 Å². The Morgan fingerprint density at radius 2 is 2.29 bits per heavy atom. The minimum absolute atomic E-state index is 0.224. The first-order valence-electron chi connectivity index (χ1n) is 4.75. The molecule has 0 aromatic carbocycles. The number of hydrogen-bond acceptors (Lipinski definition) is 5. The van der Waals surface area contributed by atoms with Crippen molar-refractivity contribution in [3.05, 3.63) is 11.7 Å². The van der Waals surface area contributed by atoms with Gasteiger partial charge in [-0.25, -0.2) is 0 Å². The fraction of sp³-hybridized carbons (Fsp3) is 0.778. The van der Waals surface area contributed by atoms with Crippen molar-refractivity contribution in [2.75, 3.05) is 6.61 Å². The summed E-state index contributed by atoms with van der Waals surface area (Å²) in [4.78, 5) is 4.19. The van der Waals surface area contributed by atoms with E-state index in [9.17, 15) is 0 Å². The molecule has 5 heteroatoms. The second-order valence-corrected chi connectivity index (χ2v) is 3.72. The maximum Gasteiger partial charge on any atom is 0.258 e. The minimum Gasteiger partial charge on any atom is -0.347 e. The van der Waals surface area contributed by atoms with Crippen molar-refractivity contribution in [3.8, 4) is 0 Å². The Kier molecular flexibility index (Phi) is 2.28. The lowest BCUT2D eigenvalue weighted by molar-refractivity contribution is -0.141. The first kappa shape index (κ1) is 9.61. The van der Waals surface area contributed by atoms with Crippen molar-refractivity contribution < 1.29 is 14.0 Å². The zero-order valence-electron chi connectivity index (χ0n) is 8.61. The summed E-state index contributed by atoms with van der Waals surface area (Å²) in [5, 5.41) is 3.81. The van der Waals surface area contributed by atoms with E-state index in [4.69, 9.17) is 14.0 Å². The summed E-state index contributed by atoms with van der Waals surface area (Å²) in [6.07, 6.45) is 0.540. The van der Waals surface area contributed by atoms with E-state index in [0.29, 0.717) is 18.3 Å². The van der Waals surface area contributed by atoms with E-state index in [2.05, 4.69) is 10.1 Å². The molecule has 2 heterocycles. The zero-order valence-corrected chi connectivity index (χ0v) is 8.61. The molecule has 1 fully saturated rings. The standard InChI is InChI=1S/C9H14N2O3/c1-4-7-10-8(14-11-7)6-5-12-9(2,3)13-6/h6H,4-5H2,1-3H3/t6-/m1/s1. The lowest BCUT2D eigenvalue weighted by Crippen LogP contribution is -2.19. The molecule has 1 aromatic heterocycles. The predicted octanol–water partition coefficient (Wildman–Crippen LogP) is 1.46. The van der Waals surface area contributed by atoms with Crippen molar-refractivity contribution in [1.29, 1.82) is 0 Å². The Morgan fingerprint density at radius 3 is 2.79 bits per heavy atom. The molecule has 14 heavy (non-hydrogen) atoms. The van der Waals surface area contributed by atoms with Crippen LogP contribution in [0.4, 0.5) is 0 Å². The number of rotatable bonds is 2. The summed E-state index contributed by atoms with van der Waals surface area (Å²) >= 11 is 0. The summed E-state index contributed by atoms with van der Waals surface area (Å²) in [6.45, 7) is 6.18. The zero-order chi connectivity index (χ0) is 10.2. The van der Waals surface area contributed by atoms with E-state index < -0.39 is 5.79 Å². The highest BCUT2D eigenvalue weighted by atomic mass is 16.7. The van der Waals surface area contributed by atoms with Crippen molar-refractivity contribution in [2.24, 2.45) is 0 Å². The van der Waals surface area contributed by atoms with Crippen LogP contribution >= 0.6 is 0 Å². The third-order valence-corrected chi connectivity index (χ3v) is 2.08. The summed E-state index contributed by atoms with van der Waals surface area (Å²) in [7, 11) is 0. The van der Waals surface area contributed by atoms with Crippen LogP contribution in [0, 0.1) is 0 Å². The smallest absolute Gasteiger partial charge is 0.258 e. The van der Waals surface area contributed by atoms with Gasteiger partial charge in [0.15, 0.2) is 17.7 Å². The Morgan fingerprint density at radius 1 is 1.50 bits per heavy atom. The van der Waals surface area contributed by atoms with Crippen LogP contribution < -0.4 is 0 Å². The van der Waals surface area contributed by atoms with Crippen molar-refractivity contribution in [2.45, 2.75) is 39.1 Å². The number of aryl methyl sites for hydroxylation is 1. The van der Waals surface area contributed by atoms with Crippen molar-refractivity contribution in [3.63, 3.8) is 0 Å². The van der Waals surface area contributed by atoms with Crippen LogP contribution in [0.2, 0.25) is 0 Å². The van der Waals surface area contributed by atoms with Gasteiger partial charge in [0.1, 0.15) is 0 Å². The lowest BCUT2D eigenvalue weighted by atomic mass is 10.3. The van der Waals surface area contributed by atoms with Gasteiger partial charge in [0.25, 0.3) is 5.89 Å². The van der Waals surface area contributed by atoms with Gasteiger partial charge in [-0.2, -0.15) is 4.98 Å². The molecule has 0 unspecified atom stereocenters. The topological polar surface area (TPSA) is 57.4 Å². The third-order valence-electron chi connectivity index (χ3n) is 2.08. The van der Waals surface area contributed by atoms with Gasteiger partial charge in [-0.1, -0.05) is 12.1 Å². The molecule has 78 valence electrons. The molecule has 1 aliphatic rings. The fourth-order valence-electron chi connectivity index (χ4n) is 1.35. The average molecular weight is 198 g/mol. The molecule has 1 aromatic rings. The van der Waals surface area contributed by atoms with Crippen LogP contribution in [0.3, 0.4) is 0 Å². The molecular weight excluding hydrogens is 184 g/mol. The van der Waals surface area contributed by atoms with Crippen molar-refractivity contribution in [1.82, 2.24) is 10.1 Å². The van der Waals surface area contributed by atoms with Gasteiger partial charge in [-0.15, -0.1) is 0 Å². The highest BCUT2D eigenvalue weighted by molar-refractivity contribution is 4.92. The second-order valence-electron chi connectivity index (χ2n) is 3.72. The molecule has 0 radical (unpaired) electrons. The molecule has 2 rings (SSSR count). The van der Waals surface area contributed by atoms with Crippen LogP contribution in [0.15, 0.2) is 4.52 Å². The summed E-state index contributed by atoms with van der Waals surface area (Å²) in [5.41, 5.74) is 0. The second kappa shape index (κ2) is 3.33. The molecule has 5 nitrogen and oxygen atoms in total. The SMILES string of the molecule is CCc1noc([C@H]2COC(C)(C)O2)n1. The number of hydrogen-bond donors (Lipinski definition) is 0. The maximum atomic E-state index is 5.57. The first-order chi connectivity index (χ1) is 6.61. The molecule has 0 bridgehead atoms. The molecule has 0 N–H and O–H groups in total. The summed E-state index contributed by atoms with van der Waals surface area (Å²) in [6, 6.07) is 0. The Labute approximate surface area is 82.4 Å². The lowest BCUT2D eigenvalue weighted by Gasteiger charge is -2.15. The molecule has 0 spiro atoms. The van der Waals surface area contributed by atoms with Gasteiger partial charge >= 0.3 is 0 Å². The van der Waals surface area contributed by atoms with Crippen LogP contribution in [-0.4, -0.2) is 22.5 Å². The molecule has 1 atom stereocenters. The Hall–Kier alpha value is -0.940. The normalized spacial score (nSPS) is 25.5. The van der Waals surface area contributed by atoms with Gasteiger partial charge in [0.2, 0.25) is 0 Å². The molecular formula is C9H14N2O3. The molecule has 0 saturated carbocycles. The average Bonchev–Trinajstić information content (AvgIpc) is 2.70. The van der Waals surface area contributed by atoms with E-state index in [0.717, 1.165) is 6.42 Å². The van der Waals surface area contributed by atoms with Crippen LogP contribution in [-0.2, 0) is 15.9 Å². The molecule has 0 aliphatic carbocycles. The first-order valence-corrected chi connectivity index (χ1v) is 4.75. The van der Waals surface area contributed by atoms with E-state index >= 15 is 0 Å². The monoisotopic (exact) mass is 198 g/mol. The maximum absolute atomic E-state index is 5.57. The Balaban J connectivity index is 2.09. The van der Waals surface area contributed by atoms with Gasteiger partial charge in [-0.05, 0) is 13.8 Å². The Bertz CT molecular complexity index is 322. The molecule has 1 aliphatic heterocycles.